The van der Waals surface area contributed by atoms with Crippen LogP contribution in [0, 0.1) is 17.7 Å². The second kappa shape index (κ2) is 13.2. The van der Waals surface area contributed by atoms with Crippen molar-refractivity contribution in [2.75, 3.05) is 57.8 Å². The molecule has 2 heterocycles. The molecule has 2 amide bonds. The van der Waals surface area contributed by atoms with Gasteiger partial charge in [0.05, 0.1) is 25.0 Å². The number of anilines is 1. The van der Waals surface area contributed by atoms with Crippen LogP contribution in [0.25, 0.3) is 10.8 Å². The number of hydrogen-bond acceptors (Lipinski definition) is 5. The van der Waals surface area contributed by atoms with Crippen LogP contribution >= 0.6 is 0 Å². The number of hydrogen-bond donors (Lipinski definition) is 2. The number of fused-ring (bicyclic) bond motifs is 1. The predicted molar refractivity (Wildman–Crippen MR) is 151 cm³/mol. The highest BCUT2D eigenvalue weighted by Gasteiger charge is 2.35. The normalized spacial score (nSPS) is 20.5. The molecule has 2 saturated heterocycles. The quantitative estimate of drug-likeness (QED) is 0.409. The zero-order valence-electron chi connectivity index (χ0n) is 22.3. The van der Waals surface area contributed by atoms with Gasteiger partial charge in [-0.15, -0.1) is 0 Å². The summed E-state index contributed by atoms with van der Waals surface area (Å²) < 4.78 is 18.7. The molecule has 3 aromatic carbocycles. The summed E-state index contributed by atoms with van der Waals surface area (Å²) in [5.41, 5.74) is 1.70. The molecule has 5 rings (SSSR count). The van der Waals surface area contributed by atoms with Crippen LogP contribution < -0.4 is 10.6 Å². The van der Waals surface area contributed by atoms with Crippen LogP contribution in [0.5, 0.6) is 0 Å². The zero-order valence-corrected chi connectivity index (χ0v) is 22.3. The minimum Gasteiger partial charge on any atom is -0.379 e. The van der Waals surface area contributed by atoms with Crippen LogP contribution in [0.3, 0.4) is 0 Å². The Morgan fingerprint density at radius 3 is 2.36 bits per heavy atom. The maximum absolute atomic E-state index is 13.3. The smallest absolute Gasteiger partial charge is 0.228 e. The number of amides is 2. The van der Waals surface area contributed by atoms with E-state index in [0.29, 0.717) is 38.3 Å². The maximum atomic E-state index is 13.3. The molecular weight excluding hydrogens is 495 g/mol. The number of benzene rings is 3. The number of nitrogens with one attached hydrogen (secondary N) is 2. The van der Waals surface area contributed by atoms with E-state index in [1.807, 2.05) is 12.1 Å². The van der Waals surface area contributed by atoms with Crippen LogP contribution in [0.15, 0.2) is 66.7 Å². The fourth-order valence-corrected chi connectivity index (χ4v) is 5.56. The van der Waals surface area contributed by atoms with Crippen LogP contribution in [0.2, 0.25) is 0 Å². The molecule has 0 radical (unpaired) electrons. The van der Waals surface area contributed by atoms with Gasteiger partial charge in [0.15, 0.2) is 0 Å². The van der Waals surface area contributed by atoms with Gasteiger partial charge in [-0.25, -0.2) is 4.39 Å². The van der Waals surface area contributed by atoms with Crippen molar-refractivity contribution in [2.45, 2.75) is 19.4 Å². The van der Waals surface area contributed by atoms with Crippen LogP contribution in [-0.2, 0) is 20.9 Å². The summed E-state index contributed by atoms with van der Waals surface area (Å²) in [6.07, 6.45) is 1.37. The summed E-state index contributed by atoms with van der Waals surface area (Å²) in [4.78, 5) is 31.1. The second-order valence-electron chi connectivity index (χ2n) is 10.6. The summed E-state index contributed by atoms with van der Waals surface area (Å²) in [7, 11) is 0. The molecule has 0 aliphatic carbocycles. The number of ether oxygens (including phenoxy) is 1. The first-order valence-corrected chi connectivity index (χ1v) is 13.9. The van der Waals surface area contributed by atoms with E-state index >= 15 is 0 Å². The Labute approximate surface area is 229 Å². The first-order chi connectivity index (χ1) is 19.0. The maximum Gasteiger partial charge on any atom is 0.228 e. The van der Waals surface area contributed by atoms with E-state index in [1.54, 1.807) is 12.1 Å². The Morgan fingerprint density at radius 2 is 1.59 bits per heavy atom. The lowest BCUT2D eigenvalue weighted by Crippen LogP contribution is -2.49. The summed E-state index contributed by atoms with van der Waals surface area (Å²) >= 11 is 0. The molecule has 39 heavy (non-hydrogen) atoms. The Balaban J connectivity index is 1.23. The largest absolute Gasteiger partial charge is 0.379 e. The van der Waals surface area contributed by atoms with E-state index in [-0.39, 0.29) is 29.5 Å². The van der Waals surface area contributed by atoms with Crippen LogP contribution in [0.1, 0.15) is 18.4 Å². The van der Waals surface area contributed by atoms with Gasteiger partial charge in [-0.1, -0.05) is 36.4 Å². The van der Waals surface area contributed by atoms with E-state index in [4.69, 9.17) is 4.74 Å². The minimum absolute atomic E-state index is 0.000212. The van der Waals surface area contributed by atoms with Crippen molar-refractivity contribution in [2.24, 2.45) is 11.8 Å². The summed E-state index contributed by atoms with van der Waals surface area (Å²) in [6.45, 7) is 6.77. The van der Waals surface area contributed by atoms with Gasteiger partial charge in [0.1, 0.15) is 5.82 Å². The molecular formula is C31H37FN4O3. The number of likely N-dealkylation sites (tertiary alicyclic amines) is 1. The topological polar surface area (TPSA) is 73.9 Å². The second-order valence-corrected chi connectivity index (χ2v) is 10.6. The summed E-state index contributed by atoms with van der Waals surface area (Å²) in [6, 6.07) is 20.4. The van der Waals surface area contributed by atoms with Gasteiger partial charge < -0.3 is 15.4 Å². The van der Waals surface area contributed by atoms with Gasteiger partial charge >= 0.3 is 0 Å². The van der Waals surface area contributed by atoms with Gasteiger partial charge in [0.25, 0.3) is 0 Å². The van der Waals surface area contributed by atoms with Crippen molar-refractivity contribution < 1.29 is 18.7 Å². The molecule has 0 aromatic heterocycles. The van der Waals surface area contributed by atoms with Crippen molar-refractivity contribution in [1.82, 2.24) is 15.1 Å². The highest BCUT2D eigenvalue weighted by atomic mass is 19.1. The molecule has 7 nitrogen and oxygen atoms in total. The van der Waals surface area contributed by atoms with E-state index < -0.39 is 0 Å². The molecule has 2 fully saturated rings. The highest BCUT2D eigenvalue weighted by Crippen LogP contribution is 2.26. The summed E-state index contributed by atoms with van der Waals surface area (Å²) in [5.74, 6) is -1.13. The Morgan fingerprint density at radius 1 is 0.872 bits per heavy atom. The number of carbonyl (C=O) groups excluding carboxylic acids is 2. The van der Waals surface area contributed by atoms with Gasteiger partial charge in [0, 0.05) is 45.0 Å². The first-order valence-electron chi connectivity index (χ1n) is 13.9. The number of nitrogens with zero attached hydrogens (tertiary/aromatic N) is 2. The first kappa shape index (κ1) is 27.2. The average molecular weight is 533 g/mol. The molecule has 2 atom stereocenters. The Kier molecular flexibility index (Phi) is 9.19. The number of morpholine rings is 1. The van der Waals surface area contributed by atoms with Crippen LogP contribution in [-0.4, -0.2) is 74.1 Å². The summed E-state index contributed by atoms with van der Waals surface area (Å²) in [5, 5.41) is 8.39. The molecule has 0 spiro atoms. The fraction of sp³-hybridized carbons (Fsp3) is 0.419. The molecule has 0 unspecified atom stereocenters. The molecule has 8 heteroatoms. The Bertz CT molecular complexity index is 1260. The van der Waals surface area contributed by atoms with Crippen molar-refractivity contribution in [3.63, 3.8) is 0 Å². The lowest BCUT2D eigenvalue weighted by atomic mass is 9.87. The Hall–Kier alpha value is -3.33. The predicted octanol–water partition coefficient (Wildman–Crippen LogP) is 3.89. The number of halogens is 1. The van der Waals surface area contributed by atoms with Gasteiger partial charge in [-0.2, -0.15) is 0 Å². The average Bonchev–Trinajstić information content (AvgIpc) is 2.96. The third kappa shape index (κ3) is 7.62. The van der Waals surface area contributed by atoms with Gasteiger partial charge in [-0.05, 0) is 66.1 Å². The van der Waals surface area contributed by atoms with Crippen molar-refractivity contribution in [3.05, 3.63) is 78.1 Å². The number of carbonyl (C=O) groups is 2. The zero-order chi connectivity index (χ0) is 27.0. The number of piperidine rings is 1. The molecule has 0 bridgehead atoms. The van der Waals surface area contributed by atoms with Gasteiger partial charge in [-0.3, -0.25) is 19.4 Å². The van der Waals surface area contributed by atoms with Crippen molar-refractivity contribution >= 4 is 28.3 Å². The van der Waals surface area contributed by atoms with E-state index in [1.165, 1.54) is 22.9 Å². The third-order valence-corrected chi connectivity index (χ3v) is 7.65. The van der Waals surface area contributed by atoms with E-state index in [0.717, 1.165) is 44.8 Å². The van der Waals surface area contributed by atoms with E-state index in [9.17, 15) is 14.0 Å². The SMILES string of the molecule is O=C(NCCCN1CCOCC1)[C@H]1C[C@@H](C(=O)Nc2ccc(F)cc2)CN(Cc2ccc3ccccc3c2)C1. The molecule has 0 saturated carbocycles. The monoisotopic (exact) mass is 532 g/mol. The molecule has 206 valence electrons. The standard InChI is InChI=1S/C31H37FN4O3/c32-28-8-10-29(11-9-28)34-31(38)27-19-26(30(37)33-12-3-13-35-14-16-39-17-15-35)21-36(22-27)20-23-6-7-24-4-1-2-5-25(24)18-23/h1-2,4-11,18,26-27H,3,12-17,19-22H2,(H,33,37)(H,34,38)/t26-,27+/m0/s1. The lowest BCUT2D eigenvalue weighted by Gasteiger charge is -2.36. The molecule has 3 aromatic rings. The van der Waals surface area contributed by atoms with Crippen molar-refractivity contribution in [3.8, 4) is 0 Å². The third-order valence-electron chi connectivity index (χ3n) is 7.65. The molecule has 2 aliphatic rings. The molecule has 2 N–H and O–H groups in total. The highest BCUT2D eigenvalue weighted by molar-refractivity contribution is 5.93. The fourth-order valence-electron chi connectivity index (χ4n) is 5.56. The van der Waals surface area contributed by atoms with Gasteiger partial charge in [0.2, 0.25) is 11.8 Å². The minimum atomic E-state index is -0.353. The van der Waals surface area contributed by atoms with Crippen molar-refractivity contribution in [1.29, 1.82) is 0 Å². The van der Waals surface area contributed by atoms with Crippen LogP contribution in [0.4, 0.5) is 10.1 Å². The van der Waals surface area contributed by atoms with E-state index in [2.05, 4.69) is 50.8 Å². The lowest BCUT2D eigenvalue weighted by molar-refractivity contribution is -0.130. The number of rotatable bonds is 9. The molecule has 2 aliphatic heterocycles.